The molecule has 2 rings (SSSR count). The molecule has 50 valence electrons. The minimum Gasteiger partial charge on any atom is -0.171 e. The third kappa shape index (κ3) is 0.801. The maximum absolute atomic E-state index is 3.81. The summed E-state index contributed by atoms with van der Waals surface area (Å²) in [4.78, 5) is 1.09. The molecule has 2 heterocycles. The van der Waals surface area contributed by atoms with Crippen molar-refractivity contribution in [3.8, 4) is 10.7 Å². The monoisotopic (exact) mass is 153 g/mol. The molecule has 0 spiro atoms. The average Bonchev–Trinajstić information content (AvgIpc) is 2.59. The summed E-state index contributed by atoms with van der Waals surface area (Å²) in [5.74, 6) is 0.787. The topological polar surface area (TPSA) is 55.7 Å². The van der Waals surface area contributed by atoms with Crippen LogP contribution in [0, 0.1) is 0 Å². The van der Waals surface area contributed by atoms with E-state index in [-0.39, 0.29) is 0 Å². The van der Waals surface area contributed by atoms with E-state index in [1.807, 2.05) is 17.5 Å². The van der Waals surface area contributed by atoms with Crippen molar-refractivity contribution in [1.82, 2.24) is 15.5 Å². The second-order valence-corrected chi connectivity index (χ2v) is 2.71. The van der Waals surface area contributed by atoms with Crippen molar-refractivity contribution in [3.05, 3.63) is 17.5 Å². The van der Waals surface area contributed by atoms with Gasteiger partial charge in [-0.1, -0.05) is 11.3 Å². The van der Waals surface area contributed by atoms with Crippen molar-refractivity contribution >= 4 is 11.3 Å². The predicted octanol–water partition coefficient (Wildman–Crippen LogP) is 0.347. The molecule has 0 aliphatic carbocycles. The lowest BCUT2D eigenvalue weighted by molar-refractivity contribution is -0.443. The molecule has 0 atom stereocenters. The number of hydrogen-bond donors (Lipinski definition) is 1. The van der Waals surface area contributed by atoms with Crippen LogP contribution in [0.15, 0.2) is 17.5 Å². The summed E-state index contributed by atoms with van der Waals surface area (Å²) in [6, 6.07) is 3.96. The van der Waals surface area contributed by atoms with Crippen LogP contribution in [-0.4, -0.2) is 15.5 Å². The number of aromatic nitrogens is 4. The molecule has 0 bridgehead atoms. The Labute approximate surface area is 60.9 Å². The average molecular weight is 153 g/mol. The van der Waals surface area contributed by atoms with Crippen molar-refractivity contribution in [1.29, 1.82) is 0 Å². The van der Waals surface area contributed by atoms with Gasteiger partial charge in [0.2, 0.25) is 0 Å². The molecular weight excluding hydrogens is 148 g/mol. The first kappa shape index (κ1) is 5.55. The van der Waals surface area contributed by atoms with Gasteiger partial charge in [0.1, 0.15) is 9.98 Å². The van der Waals surface area contributed by atoms with Crippen molar-refractivity contribution in [2.45, 2.75) is 0 Å². The lowest BCUT2D eigenvalue weighted by Crippen LogP contribution is -2.04. The maximum Gasteiger partial charge on any atom is 0.339 e. The van der Waals surface area contributed by atoms with Gasteiger partial charge in [0.15, 0.2) is 5.21 Å². The van der Waals surface area contributed by atoms with E-state index in [0.717, 1.165) is 10.7 Å². The molecule has 2 N–H and O–H groups in total. The van der Waals surface area contributed by atoms with Crippen molar-refractivity contribution in [3.63, 3.8) is 0 Å². The van der Waals surface area contributed by atoms with Gasteiger partial charge in [0, 0.05) is 0 Å². The second kappa shape index (κ2) is 2.18. The Morgan fingerprint density at radius 3 is 3.20 bits per heavy atom. The Morgan fingerprint density at radius 2 is 2.60 bits per heavy atom. The number of thiophene rings is 1. The van der Waals surface area contributed by atoms with Gasteiger partial charge in [-0.05, 0) is 11.4 Å². The van der Waals surface area contributed by atoms with Crippen LogP contribution < -0.4 is 5.10 Å². The molecule has 0 unspecified atom stereocenters. The summed E-state index contributed by atoms with van der Waals surface area (Å²) < 4.78 is 0. The number of rotatable bonds is 1. The molecule has 0 fully saturated rings. The fourth-order valence-corrected chi connectivity index (χ4v) is 1.37. The first-order chi connectivity index (χ1) is 4.97. The third-order valence-electron chi connectivity index (χ3n) is 1.13. The Balaban J connectivity index is 2.48. The number of aromatic amines is 2. The summed E-state index contributed by atoms with van der Waals surface area (Å²) in [6.07, 6.45) is 0. The van der Waals surface area contributed by atoms with Crippen LogP contribution in [-0.2, 0) is 0 Å². The predicted molar refractivity (Wildman–Crippen MR) is 36.3 cm³/mol. The highest BCUT2D eigenvalue weighted by Gasteiger charge is 2.08. The van der Waals surface area contributed by atoms with Gasteiger partial charge in [-0.25, -0.2) is 0 Å². The number of hydrogen-bond acceptors (Lipinski definition) is 3. The van der Waals surface area contributed by atoms with E-state index in [1.165, 1.54) is 0 Å². The van der Waals surface area contributed by atoms with Gasteiger partial charge in [-0.3, -0.25) is 0 Å². The zero-order chi connectivity index (χ0) is 6.81. The zero-order valence-corrected chi connectivity index (χ0v) is 5.85. The lowest BCUT2D eigenvalue weighted by Gasteiger charge is -1.74. The third-order valence-corrected chi connectivity index (χ3v) is 2.01. The first-order valence-electron chi connectivity index (χ1n) is 2.79. The van der Waals surface area contributed by atoms with Crippen LogP contribution in [0.2, 0.25) is 0 Å². The van der Waals surface area contributed by atoms with Gasteiger partial charge >= 0.3 is 5.82 Å². The highest BCUT2D eigenvalue weighted by molar-refractivity contribution is 7.13. The second-order valence-electron chi connectivity index (χ2n) is 1.76. The molecule has 2 aromatic rings. The van der Waals surface area contributed by atoms with Crippen molar-refractivity contribution in [2.75, 3.05) is 0 Å². The van der Waals surface area contributed by atoms with Crippen LogP contribution >= 0.6 is 11.3 Å². The maximum atomic E-state index is 3.81. The minimum atomic E-state index is 0.787. The fourth-order valence-electron chi connectivity index (χ4n) is 0.702. The van der Waals surface area contributed by atoms with Crippen molar-refractivity contribution in [2.24, 2.45) is 0 Å². The molecule has 0 radical (unpaired) electrons. The molecule has 0 aliphatic rings. The number of nitrogens with one attached hydrogen (secondary N) is 2. The SMILES string of the molecule is c1csc(-c2nn[nH][nH+]2)c1. The fraction of sp³-hybridized carbons (Fsp3) is 0. The quantitative estimate of drug-likeness (QED) is 0.642. The smallest absolute Gasteiger partial charge is 0.171 e. The lowest BCUT2D eigenvalue weighted by atomic mass is 10.5. The Bertz CT molecular complexity index is 253. The molecule has 0 aliphatic heterocycles. The molecule has 2 aromatic heterocycles. The van der Waals surface area contributed by atoms with Crippen LogP contribution in [0.3, 0.4) is 0 Å². The summed E-state index contributed by atoms with van der Waals surface area (Å²) >= 11 is 1.63. The van der Waals surface area contributed by atoms with Gasteiger partial charge in [0.25, 0.3) is 0 Å². The molecule has 10 heavy (non-hydrogen) atoms. The van der Waals surface area contributed by atoms with Gasteiger partial charge in [-0.15, -0.1) is 11.3 Å². The molecular formula is C5H5N4S+. The van der Waals surface area contributed by atoms with Crippen LogP contribution in [0.5, 0.6) is 0 Å². The van der Waals surface area contributed by atoms with E-state index in [1.54, 1.807) is 11.3 Å². The zero-order valence-electron chi connectivity index (χ0n) is 5.03. The largest absolute Gasteiger partial charge is 0.339 e. The van der Waals surface area contributed by atoms with Gasteiger partial charge in [0.05, 0.1) is 0 Å². The van der Waals surface area contributed by atoms with Gasteiger partial charge in [-0.2, -0.15) is 5.10 Å². The molecule has 5 heteroatoms. The van der Waals surface area contributed by atoms with E-state index in [2.05, 4.69) is 20.6 Å². The summed E-state index contributed by atoms with van der Waals surface area (Å²) in [5, 5.41) is 14.7. The Morgan fingerprint density at radius 1 is 1.60 bits per heavy atom. The van der Waals surface area contributed by atoms with Crippen molar-refractivity contribution < 1.29 is 5.10 Å². The number of nitrogens with zero attached hydrogens (tertiary/aromatic N) is 2. The van der Waals surface area contributed by atoms with E-state index in [4.69, 9.17) is 0 Å². The highest BCUT2D eigenvalue weighted by Crippen LogP contribution is 2.16. The normalized spacial score (nSPS) is 10.0. The Hall–Kier alpha value is -1.23. The molecule has 0 saturated carbocycles. The molecule has 4 nitrogen and oxygen atoms in total. The summed E-state index contributed by atoms with van der Waals surface area (Å²) in [6.45, 7) is 0. The highest BCUT2D eigenvalue weighted by atomic mass is 32.1. The van der Waals surface area contributed by atoms with E-state index >= 15 is 0 Å². The summed E-state index contributed by atoms with van der Waals surface area (Å²) in [7, 11) is 0. The van der Waals surface area contributed by atoms with E-state index in [9.17, 15) is 0 Å². The Kier molecular flexibility index (Phi) is 1.21. The van der Waals surface area contributed by atoms with Crippen LogP contribution in [0.25, 0.3) is 10.7 Å². The molecule has 0 saturated heterocycles. The van der Waals surface area contributed by atoms with E-state index < -0.39 is 0 Å². The first-order valence-corrected chi connectivity index (χ1v) is 3.67. The number of H-pyrrole nitrogens is 2. The number of tetrazole rings is 1. The summed E-state index contributed by atoms with van der Waals surface area (Å²) in [5.41, 5.74) is 0. The molecule has 0 amide bonds. The molecule has 0 aromatic carbocycles. The minimum absolute atomic E-state index is 0.787. The van der Waals surface area contributed by atoms with E-state index in [0.29, 0.717) is 0 Å². The standard InChI is InChI=1S/C5H4N4S/c1-2-4(10-3-1)5-6-8-9-7-5/h1-3H,(H,6,7,8,9)/p+1. The van der Waals surface area contributed by atoms with Crippen LogP contribution in [0.4, 0.5) is 0 Å². The van der Waals surface area contributed by atoms with Crippen LogP contribution in [0.1, 0.15) is 0 Å². The van der Waals surface area contributed by atoms with Gasteiger partial charge < -0.3 is 0 Å².